The minimum Gasteiger partial charge on any atom is -0.198 e. The molecule has 0 aromatic heterocycles. The number of nitrogens with zero attached hydrogens (tertiary/aromatic N) is 1. The van der Waals surface area contributed by atoms with Gasteiger partial charge < -0.3 is 0 Å². The molecule has 0 N–H and O–H groups in total. The highest BCUT2D eigenvalue weighted by atomic mass is 14.2. The van der Waals surface area contributed by atoms with Crippen molar-refractivity contribution in [2.75, 3.05) is 0 Å². The molecule has 0 aromatic carbocycles. The van der Waals surface area contributed by atoms with Crippen molar-refractivity contribution in [2.24, 2.45) is 11.8 Å². The molecule has 0 saturated carbocycles. The third-order valence-corrected chi connectivity index (χ3v) is 3.68. The zero-order valence-corrected chi connectivity index (χ0v) is 12.0. The van der Waals surface area contributed by atoms with Gasteiger partial charge in [0.2, 0.25) is 0 Å². The van der Waals surface area contributed by atoms with Crippen molar-refractivity contribution >= 4 is 0 Å². The maximum Gasteiger partial charge on any atom is 0.0621 e. The minimum atomic E-state index is 0.718. The van der Waals surface area contributed by atoms with Crippen LogP contribution in [0.5, 0.6) is 0 Å². The molecule has 98 valence electrons. The first-order valence-electron chi connectivity index (χ1n) is 7.09. The van der Waals surface area contributed by atoms with Gasteiger partial charge >= 0.3 is 0 Å². The van der Waals surface area contributed by atoms with E-state index in [0.717, 1.165) is 24.7 Å². The van der Waals surface area contributed by atoms with E-state index in [1.807, 2.05) is 0 Å². The molecule has 0 aliphatic rings. The lowest BCUT2D eigenvalue weighted by Gasteiger charge is -2.19. The van der Waals surface area contributed by atoms with Gasteiger partial charge in [0.05, 0.1) is 6.07 Å². The van der Waals surface area contributed by atoms with Crippen molar-refractivity contribution in [2.45, 2.75) is 72.1 Å². The lowest BCUT2D eigenvalue weighted by Crippen LogP contribution is -2.07. The summed E-state index contributed by atoms with van der Waals surface area (Å²) in [5.74, 6) is 1.57. The zero-order chi connectivity index (χ0) is 13.1. The molecule has 0 spiro atoms. The molecular formula is C16H29N. The van der Waals surface area contributed by atoms with Crippen LogP contribution in [0.3, 0.4) is 0 Å². The van der Waals surface area contributed by atoms with E-state index < -0.39 is 0 Å². The summed E-state index contributed by atoms with van der Waals surface area (Å²) >= 11 is 0. The fourth-order valence-corrected chi connectivity index (χ4v) is 2.14. The molecule has 0 fully saturated rings. The summed E-state index contributed by atoms with van der Waals surface area (Å²) in [5.41, 5.74) is 1.31. The Morgan fingerprint density at radius 2 is 1.65 bits per heavy atom. The minimum absolute atomic E-state index is 0.718. The van der Waals surface area contributed by atoms with Crippen LogP contribution in [-0.2, 0) is 0 Å². The molecule has 0 unspecified atom stereocenters. The van der Waals surface area contributed by atoms with E-state index in [9.17, 15) is 0 Å². The van der Waals surface area contributed by atoms with Gasteiger partial charge in [-0.3, -0.25) is 0 Å². The van der Waals surface area contributed by atoms with E-state index >= 15 is 0 Å². The molecule has 0 radical (unpaired) electrons. The fourth-order valence-electron chi connectivity index (χ4n) is 2.14. The summed E-state index contributed by atoms with van der Waals surface area (Å²) in [4.78, 5) is 0. The van der Waals surface area contributed by atoms with Crippen molar-refractivity contribution < 1.29 is 0 Å². The first kappa shape index (κ1) is 16.2. The SMILES string of the molecule is C=C(C)CCCCC[C@@H](C)[C@H](C)CCCC#N. The van der Waals surface area contributed by atoms with E-state index in [0.29, 0.717) is 0 Å². The van der Waals surface area contributed by atoms with Gasteiger partial charge in [-0.25, -0.2) is 0 Å². The molecule has 0 aliphatic heterocycles. The van der Waals surface area contributed by atoms with Crippen molar-refractivity contribution in [3.05, 3.63) is 12.2 Å². The Balaban J connectivity index is 3.47. The number of allylic oxidation sites excluding steroid dienone is 1. The molecule has 17 heavy (non-hydrogen) atoms. The number of rotatable bonds is 10. The van der Waals surface area contributed by atoms with Crippen LogP contribution in [-0.4, -0.2) is 0 Å². The predicted octanol–water partition coefficient (Wildman–Crippen LogP) is 5.48. The highest BCUT2D eigenvalue weighted by Gasteiger charge is 2.11. The van der Waals surface area contributed by atoms with E-state index in [2.05, 4.69) is 33.4 Å². The third kappa shape index (κ3) is 10.1. The van der Waals surface area contributed by atoms with Crippen LogP contribution in [0.4, 0.5) is 0 Å². The van der Waals surface area contributed by atoms with Crippen LogP contribution in [0, 0.1) is 23.2 Å². The second-order valence-corrected chi connectivity index (χ2v) is 5.56. The van der Waals surface area contributed by atoms with Crippen molar-refractivity contribution in [3.63, 3.8) is 0 Å². The Morgan fingerprint density at radius 1 is 1.06 bits per heavy atom. The summed E-state index contributed by atoms with van der Waals surface area (Å²) in [6.45, 7) is 10.7. The van der Waals surface area contributed by atoms with E-state index in [4.69, 9.17) is 5.26 Å². The van der Waals surface area contributed by atoms with Gasteiger partial charge in [0.15, 0.2) is 0 Å². The van der Waals surface area contributed by atoms with Gasteiger partial charge in [0, 0.05) is 6.42 Å². The molecular weight excluding hydrogens is 206 g/mol. The first-order valence-corrected chi connectivity index (χ1v) is 7.09. The molecule has 0 amide bonds. The van der Waals surface area contributed by atoms with Crippen LogP contribution < -0.4 is 0 Å². The summed E-state index contributed by atoms with van der Waals surface area (Å²) in [6.07, 6.45) is 9.49. The summed E-state index contributed by atoms with van der Waals surface area (Å²) in [5, 5.41) is 8.51. The van der Waals surface area contributed by atoms with Crippen molar-refractivity contribution in [1.29, 1.82) is 5.26 Å². The highest BCUT2D eigenvalue weighted by Crippen LogP contribution is 2.23. The Bertz CT molecular complexity index is 236. The molecule has 2 atom stereocenters. The summed E-state index contributed by atoms with van der Waals surface area (Å²) < 4.78 is 0. The Kier molecular flexibility index (Phi) is 9.92. The maximum atomic E-state index is 8.51. The fraction of sp³-hybridized carbons (Fsp3) is 0.812. The normalized spacial score (nSPS) is 14.0. The molecule has 0 heterocycles. The summed E-state index contributed by atoms with van der Waals surface area (Å²) in [7, 11) is 0. The van der Waals surface area contributed by atoms with Crippen LogP contribution in [0.2, 0.25) is 0 Å². The number of nitriles is 1. The quantitative estimate of drug-likeness (QED) is 0.363. The summed E-state index contributed by atoms with van der Waals surface area (Å²) in [6, 6.07) is 2.22. The second kappa shape index (κ2) is 10.4. The van der Waals surface area contributed by atoms with Gasteiger partial charge in [-0.1, -0.05) is 38.7 Å². The monoisotopic (exact) mass is 235 g/mol. The van der Waals surface area contributed by atoms with Crippen molar-refractivity contribution in [3.8, 4) is 6.07 Å². The van der Waals surface area contributed by atoms with E-state index in [1.165, 1.54) is 44.1 Å². The van der Waals surface area contributed by atoms with Crippen LogP contribution in [0.25, 0.3) is 0 Å². The standard InChI is InChI=1S/C16H29N/c1-14(2)10-6-5-7-11-15(3)16(4)12-8-9-13-17/h15-16H,1,5-12H2,2-4H3/t15-,16-/m1/s1. The second-order valence-electron chi connectivity index (χ2n) is 5.56. The number of unbranched alkanes of at least 4 members (excludes halogenated alkanes) is 3. The highest BCUT2D eigenvalue weighted by molar-refractivity contribution is 4.87. The van der Waals surface area contributed by atoms with Crippen molar-refractivity contribution in [1.82, 2.24) is 0 Å². The molecule has 1 heteroatoms. The third-order valence-electron chi connectivity index (χ3n) is 3.68. The van der Waals surface area contributed by atoms with Crippen LogP contribution in [0.1, 0.15) is 72.1 Å². The average molecular weight is 235 g/mol. The number of hydrogen-bond acceptors (Lipinski definition) is 1. The smallest absolute Gasteiger partial charge is 0.0621 e. The molecule has 0 rings (SSSR count). The zero-order valence-electron chi connectivity index (χ0n) is 12.0. The Morgan fingerprint density at radius 3 is 2.18 bits per heavy atom. The largest absolute Gasteiger partial charge is 0.198 e. The molecule has 0 aromatic rings. The molecule has 1 nitrogen and oxygen atoms in total. The molecule has 0 bridgehead atoms. The van der Waals surface area contributed by atoms with Gasteiger partial charge in [0.1, 0.15) is 0 Å². The van der Waals surface area contributed by atoms with E-state index in [1.54, 1.807) is 0 Å². The Labute approximate surface area is 108 Å². The average Bonchev–Trinajstić information content (AvgIpc) is 2.28. The maximum absolute atomic E-state index is 8.51. The lowest BCUT2D eigenvalue weighted by atomic mass is 9.87. The van der Waals surface area contributed by atoms with Gasteiger partial charge in [-0.15, -0.1) is 6.58 Å². The predicted molar refractivity (Wildman–Crippen MR) is 75.7 cm³/mol. The first-order chi connectivity index (χ1) is 8.07. The lowest BCUT2D eigenvalue weighted by molar-refractivity contribution is 0.328. The van der Waals surface area contributed by atoms with Crippen LogP contribution >= 0.6 is 0 Å². The molecule has 0 aliphatic carbocycles. The van der Waals surface area contributed by atoms with Crippen LogP contribution in [0.15, 0.2) is 12.2 Å². The van der Waals surface area contributed by atoms with Gasteiger partial charge in [-0.2, -0.15) is 5.26 Å². The van der Waals surface area contributed by atoms with Gasteiger partial charge in [-0.05, 0) is 44.4 Å². The van der Waals surface area contributed by atoms with Gasteiger partial charge in [0.25, 0.3) is 0 Å². The molecule has 0 saturated heterocycles. The topological polar surface area (TPSA) is 23.8 Å². The van der Waals surface area contributed by atoms with E-state index in [-0.39, 0.29) is 0 Å². The Hall–Kier alpha value is -0.770. The number of hydrogen-bond donors (Lipinski definition) is 0.